The van der Waals surface area contributed by atoms with Crippen LogP contribution in [0.5, 0.6) is 0 Å². The van der Waals surface area contributed by atoms with Crippen LogP contribution < -0.4 is 0 Å². The molecule has 3 heterocycles. The van der Waals surface area contributed by atoms with Crippen LogP contribution in [0.25, 0.3) is 88.7 Å². The number of para-hydroxylation sites is 2. The minimum atomic E-state index is 0.868. The molecule has 0 saturated carbocycles. The minimum absolute atomic E-state index is 0.868. The van der Waals surface area contributed by atoms with Crippen LogP contribution in [-0.2, 0) is 0 Å². The molecule has 3 heteroatoms. The van der Waals surface area contributed by atoms with Gasteiger partial charge in [0.1, 0.15) is 11.2 Å². The summed E-state index contributed by atoms with van der Waals surface area (Å²) in [5.41, 5.74) is 15.0. The van der Waals surface area contributed by atoms with Crippen molar-refractivity contribution in [1.29, 1.82) is 0 Å². The van der Waals surface area contributed by atoms with Crippen LogP contribution in [-0.4, -0.2) is 9.97 Å². The van der Waals surface area contributed by atoms with E-state index >= 15 is 0 Å². The largest absolute Gasteiger partial charge is 0.455 e. The van der Waals surface area contributed by atoms with E-state index in [-0.39, 0.29) is 0 Å². The number of hydrogen-bond donors (Lipinski definition) is 0. The quantitative estimate of drug-likeness (QED) is 0.184. The SMILES string of the molecule is c1ccc(-c2cc(-c3ccccc3)cc(-c3cccc4c3oc3c(-c5cc(-c6cccnc6)cc(-c6cccnc6)c5)cccc34)c2)cc1. The summed E-state index contributed by atoms with van der Waals surface area (Å²) < 4.78 is 6.98. The summed E-state index contributed by atoms with van der Waals surface area (Å²) >= 11 is 0. The van der Waals surface area contributed by atoms with Crippen LogP contribution in [0.4, 0.5) is 0 Å². The molecule has 230 valence electrons. The van der Waals surface area contributed by atoms with Gasteiger partial charge in [-0.25, -0.2) is 0 Å². The summed E-state index contributed by atoms with van der Waals surface area (Å²) in [6.07, 6.45) is 7.43. The van der Waals surface area contributed by atoms with Gasteiger partial charge >= 0.3 is 0 Å². The van der Waals surface area contributed by atoms with Crippen LogP contribution in [0.15, 0.2) is 187 Å². The molecular weight excluding hydrogens is 597 g/mol. The molecule has 0 atom stereocenters. The Balaban J connectivity index is 1.26. The summed E-state index contributed by atoms with van der Waals surface area (Å²) in [5, 5.41) is 2.18. The second kappa shape index (κ2) is 12.2. The monoisotopic (exact) mass is 626 g/mol. The van der Waals surface area contributed by atoms with Crippen molar-refractivity contribution in [1.82, 2.24) is 9.97 Å². The van der Waals surface area contributed by atoms with E-state index in [1.807, 2.05) is 24.5 Å². The topological polar surface area (TPSA) is 38.9 Å². The van der Waals surface area contributed by atoms with Crippen molar-refractivity contribution in [3.05, 3.63) is 183 Å². The van der Waals surface area contributed by atoms with Crippen molar-refractivity contribution in [2.45, 2.75) is 0 Å². The molecule has 0 aliphatic heterocycles. The molecule has 0 bridgehead atoms. The van der Waals surface area contributed by atoms with Crippen molar-refractivity contribution < 1.29 is 4.42 Å². The molecule has 0 fully saturated rings. The number of hydrogen-bond acceptors (Lipinski definition) is 3. The van der Waals surface area contributed by atoms with Crippen LogP contribution in [0, 0.1) is 0 Å². The molecule has 6 aromatic carbocycles. The Morgan fingerprint density at radius 3 is 1.10 bits per heavy atom. The van der Waals surface area contributed by atoms with Crippen molar-refractivity contribution in [2.75, 3.05) is 0 Å². The fourth-order valence-electron chi connectivity index (χ4n) is 6.84. The lowest BCUT2D eigenvalue weighted by Gasteiger charge is -2.12. The van der Waals surface area contributed by atoms with Gasteiger partial charge in [0.15, 0.2) is 0 Å². The van der Waals surface area contributed by atoms with Gasteiger partial charge in [-0.3, -0.25) is 9.97 Å². The van der Waals surface area contributed by atoms with Gasteiger partial charge in [-0.05, 0) is 93.0 Å². The van der Waals surface area contributed by atoms with Crippen LogP contribution in [0.1, 0.15) is 0 Å². The molecule has 0 aliphatic carbocycles. The summed E-state index contributed by atoms with van der Waals surface area (Å²) in [7, 11) is 0. The van der Waals surface area contributed by atoms with E-state index in [9.17, 15) is 0 Å². The number of pyridine rings is 2. The Bertz CT molecular complexity index is 2280. The number of aromatic nitrogens is 2. The average Bonchev–Trinajstić information content (AvgIpc) is 3.58. The zero-order valence-electron chi connectivity index (χ0n) is 26.6. The van der Waals surface area contributed by atoms with Crippen LogP contribution in [0.3, 0.4) is 0 Å². The maximum Gasteiger partial charge on any atom is 0.143 e. The van der Waals surface area contributed by atoms with Crippen molar-refractivity contribution in [2.24, 2.45) is 0 Å². The van der Waals surface area contributed by atoms with Crippen LogP contribution >= 0.6 is 0 Å². The normalized spacial score (nSPS) is 11.3. The summed E-state index contributed by atoms with van der Waals surface area (Å²) in [5.74, 6) is 0. The second-order valence-corrected chi connectivity index (χ2v) is 12.3. The second-order valence-electron chi connectivity index (χ2n) is 12.3. The Labute approximate surface area is 284 Å². The highest BCUT2D eigenvalue weighted by atomic mass is 16.3. The van der Waals surface area contributed by atoms with Gasteiger partial charge in [-0.1, -0.05) is 109 Å². The summed E-state index contributed by atoms with van der Waals surface area (Å²) in [4.78, 5) is 8.81. The summed E-state index contributed by atoms with van der Waals surface area (Å²) in [6.45, 7) is 0. The highest BCUT2D eigenvalue weighted by Crippen LogP contribution is 2.43. The van der Waals surface area contributed by atoms with E-state index in [0.29, 0.717) is 0 Å². The van der Waals surface area contributed by atoms with Crippen molar-refractivity contribution in [3.8, 4) is 66.8 Å². The molecule has 9 rings (SSSR count). The van der Waals surface area contributed by atoms with Crippen molar-refractivity contribution in [3.63, 3.8) is 0 Å². The number of rotatable bonds is 6. The number of nitrogens with zero attached hydrogens (tertiary/aromatic N) is 2. The number of furan rings is 1. The minimum Gasteiger partial charge on any atom is -0.455 e. The Hall–Kier alpha value is -6.58. The molecule has 0 N–H and O–H groups in total. The molecule has 0 saturated heterocycles. The molecular formula is C46H30N2O. The van der Waals surface area contributed by atoms with Gasteiger partial charge in [0.2, 0.25) is 0 Å². The molecule has 9 aromatic rings. The predicted octanol–water partition coefficient (Wildman–Crippen LogP) is 12.4. The predicted molar refractivity (Wildman–Crippen MR) is 202 cm³/mol. The highest BCUT2D eigenvalue weighted by molar-refractivity contribution is 6.13. The molecule has 3 nitrogen and oxygen atoms in total. The maximum absolute atomic E-state index is 6.98. The van der Waals surface area contributed by atoms with Gasteiger partial charge in [0, 0.05) is 57.8 Å². The summed E-state index contributed by atoms with van der Waals surface area (Å²) in [6, 6.07) is 55.7. The molecule has 3 aromatic heterocycles. The first-order valence-corrected chi connectivity index (χ1v) is 16.5. The van der Waals surface area contributed by atoms with Gasteiger partial charge in [-0.2, -0.15) is 0 Å². The fraction of sp³-hybridized carbons (Fsp3) is 0. The van der Waals surface area contributed by atoms with Crippen molar-refractivity contribution >= 4 is 21.9 Å². The lowest BCUT2D eigenvalue weighted by molar-refractivity contribution is 0.671. The van der Waals surface area contributed by atoms with E-state index in [1.165, 1.54) is 22.3 Å². The number of benzene rings is 6. The lowest BCUT2D eigenvalue weighted by atomic mass is 9.92. The average molecular weight is 627 g/mol. The van der Waals surface area contributed by atoms with E-state index in [2.05, 4.69) is 156 Å². The van der Waals surface area contributed by atoms with E-state index in [1.54, 1.807) is 12.4 Å². The molecule has 0 unspecified atom stereocenters. The third kappa shape index (κ3) is 5.38. The van der Waals surface area contributed by atoms with Gasteiger partial charge in [-0.15, -0.1) is 0 Å². The van der Waals surface area contributed by atoms with E-state index in [0.717, 1.165) is 66.4 Å². The van der Waals surface area contributed by atoms with Gasteiger partial charge < -0.3 is 4.42 Å². The lowest BCUT2D eigenvalue weighted by Crippen LogP contribution is -1.87. The first-order valence-electron chi connectivity index (χ1n) is 16.5. The van der Waals surface area contributed by atoms with Gasteiger partial charge in [0.25, 0.3) is 0 Å². The Kier molecular flexibility index (Phi) is 7.14. The third-order valence-electron chi connectivity index (χ3n) is 9.22. The first kappa shape index (κ1) is 28.6. The Morgan fingerprint density at radius 2 is 0.694 bits per heavy atom. The molecule has 0 amide bonds. The zero-order chi connectivity index (χ0) is 32.6. The maximum atomic E-state index is 6.98. The first-order chi connectivity index (χ1) is 24.3. The molecule has 0 aliphatic rings. The van der Waals surface area contributed by atoms with Crippen LogP contribution in [0.2, 0.25) is 0 Å². The standard InChI is InChI=1S/C46H30N2O/c1-3-11-31(12-4-1)35-23-36(32-13-5-2-6-14-32)26-39(25-35)41-17-7-19-43-44-20-8-18-42(46(44)49-45(41)43)40-27-37(33-15-9-21-47-29-33)24-38(28-40)34-16-10-22-48-30-34/h1-30H. The number of fused-ring (bicyclic) bond motifs is 3. The van der Waals surface area contributed by atoms with Gasteiger partial charge in [0.05, 0.1) is 0 Å². The third-order valence-corrected chi connectivity index (χ3v) is 9.22. The smallest absolute Gasteiger partial charge is 0.143 e. The van der Waals surface area contributed by atoms with E-state index < -0.39 is 0 Å². The Morgan fingerprint density at radius 1 is 0.306 bits per heavy atom. The molecule has 0 spiro atoms. The van der Waals surface area contributed by atoms with E-state index in [4.69, 9.17) is 4.42 Å². The fourth-order valence-corrected chi connectivity index (χ4v) is 6.84. The molecule has 0 radical (unpaired) electrons. The molecule has 49 heavy (non-hydrogen) atoms. The zero-order valence-corrected chi connectivity index (χ0v) is 26.6. The highest BCUT2D eigenvalue weighted by Gasteiger charge is 2.18.